The Morgan fingerprint density at radius 2 is 1.81 bits per heavy atom. The molecule has 0 saturated carbocycles. The molecule has 0 aromatic heterocycles. The molecule has 21 heavy (non-hydrogen) atoms. The van der Waals surface area contributed by atoms with E-state index in [0.717, 1.165) is 5.56 Å². The fraction of sp³-hybridized carbons (Fsp3) is 0.222. The second-order valence-electron chi connectivity index (χ2n) is 5.24. The van der Waals surface area contributed by atoms with Crippen molar-refractivity contribution in [1.82, 2.24) is 5.32 Å². The quantitative estimate of drug-likeness (QED) is 0.931. The summed E-state index contributed by atoms with van der Waals surface area (Å²) < 4.78 is 0. The van der Waals surface area contributed by atoms with Gasteiger partial charge < -0.3 is 5.32 Å². The summed E-state index contributed by atoms with van der Waals surface area (Å²) in [6.07, 6.45) is 0. The minimum Gasteiger partial charge on any atom is -0.346 e. The van der Waals surface area contributed by atoms with Crippen molar-refractivity contribution in [2.45, 2.75) is 26.8 Å². The smallest absolute Gasteiger partial charge is 0.251 e. The van der Waals surface area contributed by atoms with Crippen molar-refractivity contribution in [2.75, 3.05) is 0 Å². The second kappa shape index (κ2) is 6.23. The Balaban J connectivity index is 2.13. The van der Waals surface area contributed by atoms with Crippen LogP contribution in [-0.4, -0.2) is 5.91 Å². The summed E-state index contributed by atoms with van der Waals surface area (Å²) in [4.78, 5) is 12.2. The highest BCUT2D eigenvalue weighted by atomic mass is 16.1. The zero-order valence-corrected chi connectivity index (χ0v) is 12.5. The molecule has 0 spiro atoms. The fourth-order valence-electron chi connectivity index (χ4n) is 2.37. The summed E-state index contributed by atoms with van der Waals surface area (Å²) in [6.45, 7) is 6.07. The van der Waals surface area contributed by atoms with Crippen molar-refractivity contribution < 1.29 is 4.79 Å². The van der Waals surface area contributed by atoms with Gasteiger partial charge in [0.05, 0.1) is 17.7 Å². The molecule has 0 bridgehead atoms. The highest BCUT2D eigenvalue weighted by Crippen LogP contribution is 2.19. The Bertz CT molecular complexity index is 696. The molecule has 3 nitrogen and oxygen atoms in total. The molecule has 0 radical (unpaired) electrons. The van der Waals surface area contributed by atoms with Crippen LogP contribution >= 0.6 is 0 Å². The molecule has 2 aromatic carbocycles. The van der Waals surface area contributed by atoms with Gasteiger partial charge in [-0.25, -0.2) is 0 Å². The number of nitriles is 1. The predicted octanol–water partition coefficient (Wildman–Crippen LogP) is 3.67. The third-order valence-electron chi connectivity index (χ3n) is 3.52. The third-order valence-corrected chi connectivity index (χ3v) is 3.52. The number of hydrogen-bond acceptors (Lipinski definition) is 2. The number of hydrogen-bond donors (Lipinski definition) is 1. The first kappa shape index (κ1) is 14.8. The molecule has 0 fully saturated rings. The molecule has 2 rings (SSSR count). The molecular formula is C18H18N2O. The minimum atomic E-state index is -0.132. The first-order valence-electron chi connectivity index (χ1n) is 6.89. The standard InChI is InChI=1S/C18H18N2O/c1-12-4-9-17(13(2)10-12)14(3)20-18(21)16-7-5-15(11-19)6-8-16/h4-10,14H,1-3H3,(H,20,21). The van der Waals surface area contributed by atoms with Crippen molar-refractivity contribution in [3.05, 3.63) is 70.3 Å². The predicted molar refractivity (Wildman–Crippen MR) is 83.0 cm³/mol. The van der Waals surface area contributed by atoms with E-state index < -0.39 is 0 Å². The van der Waals surface area contributed by atoms with Crippen LogP contribution in [0.2, 0.25) is 0 Å². The first-order chi connectivity index (χ1) is 10.0. The number of nitrogens with zero attached hydrogens (tertiary/aromatic N) is 1. The van der Waals surface area contributed by atoms with Crippen molar-refractivity contribution in [1.29, 1.82) is 5.26 Å². The van der Waals surface area contributed by atoms with E-state index in [-0.39, 0.29) is 11.9 Å². The Kier molecular flexibility index (Phi) is 4.39. The molecule has 1 amide bonds. The molecule has 1 unspecified atom stereocenters. The molecule has 2 aromatic rings. The highest BCUT2D eigenvalue weighted by molar-refractivity contribution is 5.94. The molecule has 0 heterocycles. The number of aryl methyl sites for hydroxylation is 2. The first-order valence-corrected chi connectivity index (χ1v) is 6.89. The summed E-state index contributed by atoms with van der Waals surface area (Å²) in [7, 11) is 0. The van der Waals surface area contributed by atoms with E-state index in [1.165, 1.54) is 11.1 Å². The average molecular weight is 278 g/mol. The summed E-state index contributed by atoms with van der Waals surface area (Å²) in [5, 5.41) is 11.8. The Morgan fingerprint density at radius 3 is 2.38 bits per heavy atom. The van der Waals surface area contributed by atoms with E-state index in [4.69, 9.17) is 5.26 Å². The maximum Gasteiger partial charge on any atom is 0.251 e. The van der Waals surface area contributed by atoms with Crippen LogP contribution in [0.3, 0.4) is 0 Å². The number of rotatable bonds is 3. The Morgan fingerprint density at radius 1 is 1.14 bits per heavy atom. The largest absolute Gasteiger partial charge is 0.346 e. The van der Waals surface area contributed by atoms with Crippen LogP contribution in [0.1, 0.15) is 45.6 Å². The lowest BCUT2D eigenvalue weighted by Crippen LogP contribution is -2.27. The van der Waals surface area contributed by atoms with E-state index in [2.05, 4.69) is 18.3 Å². The van der Waals surface area contributed by atoms with E-state index in [1.54, 1.807) is 24.3 Å². The summed E-state index contributed by atoms with van der Waals surface area (Å²) in [5.74, 6) is -0.132. The van der Waals surface area contributed by atoms with Gasteiger partial charge in [-0.15, -0.1) is 0 Å². The fourth-order valence-corrected chi connectivity index (χ4v) is 2.37. The van der Waals surface area contributed by atoms with Gasteiger partial charge in [-0.05, 0) is 56.2 Å². The SMILES string of the molecule is Cc1ccc(C(C)NC(=O)c2ccc(C#N)cc2)c(C)c1. The molecular weight excluding hydrogens is 260 g/mol. The van der Waals surface area contributed by atoms with E-state index in [0.29, 0.717) is 11.1 Å². The average Bonchev–Trinajstić information content (AvgIpc) is 2.47. The van der Waals surface area contributed by atoms with Gasteiger partial charge in [0, 0.05) is 5.56 Å². The van der Waals surface area contributed by atoms with Gasteiger partial charge in [-0.1, -0.05) is 23.8 Å². The van der Waals surface area contributed by atoms with Crippen molar-refractivity contribution in [3.8, 4) is 6.07 Å². The lowest BCUT2D eigenvalue weighted by atomic mass is 10.00. The number of carbonyl (C=O) groups excluding carboxylic acids is 1. The van der Waals surface area contributed by atoms with Crippen LogP contribution in [-0.2, 0) is 0 Å². The van der Waals surface area contributed by atoms with Crippen LogP contribution < -0.4 is 5.32 Å². The van der Waals surface area contributed by atoms with Crippen molar-refractivity contribution in [2.24, 2.45) is 0 Å². The van der Waals surface area contributed by atoms with E-state index in [9.17, 15) is 4.79 Å². The Labute approximate surface area is 125 Å². The maximum absolute atomic E-state index is 12.2. The molecule has 0 aliphatic rings. The van der Waals surface area contributed by atoms with Crippen molar-refractivity contribution >= 4 is 5.91 Å². The maximum atomic E-state index is 12.2. The molecule has 0 aliphatic carbocycles. The normalized spacial score (nSPS) is 11.5. The minimum absolute atomic E-state index is 0.0613. The Hall–Kier alpha value is -2.60. The molecule has 1 N–H and O–H groups in total. The van der Waals surface area contributed by atoms with Crippen LogP contribution in [0, 0.1) is 25.2 Å². The second-order valence-corrected chi connectivity index (χ2v) is 5.24. The zero-order chi connectivity index (χ0) is 15.4. The van der Waals surface area contributed by atoms with Gasteiger partial charge in [-0.3, -0.25) is 4.79 Å². The van der Waals surface area contributed by atoms with E-state index >= 15 is 0 Å². The van der Waals surface area contributed by atoms with Gasteiger partial charge in [0.2, 0.25) is 0 Å². The highest BCUT2D eigenvalue weighted by Gasteiger charge is 2.13. The lowest BCUT2D eigenvalue weighted by molar-refractivity contribution is 0.0940. The number of benzene rings is 2. The number of nitrogens with one attached hydrogen (secondary N) is 1. The van der Waals surface area contributed by atoms with Gasteiger partial charge in [-0.2, -0.15) is 5.26 Å². The summed E-state index contributed by atoms with van der Waals surface area (Å²) in [6, 6.07) is 14.8. The van der Waals surface area contributed by atoms with Crippen LogP contribution in [0.15, 0.2) is 42.5 Å². The molecule has 0 saturated heterocycles. The van der Waals surface area contributed by atoms with Crippen LogP contribution in [0.25, 0.3) is 0 Å². The molecule has 1 atom stereocenters. The van der Waals surface area contributed by atoms with E-state index in [1.807, 2.05) is 32.0 Å². The topological polar surface area (TPSA) is 52.9 Å². The van der Waals surface area contributed by atoms with Gasteiger partial charge in [0.25, 0.3) is 5.91 Å². The third kappa shape index (κ3) is 3.49. The zero-order valence-electron chi connectivity index (χ0n) is 12.5. The van der Waals surface area contributed by atoms with Gasteiger partial charge >= 0.3 is 0 Å². The van der Waals surface area contributed by atoms with Crippen LogP contribution in [0.4, 0.5) is 0 Å². The van der Waals surface area contributed by atoms with Gasteiger partial charge in [0.1, 0.15) is 0 Å². The molecule has 3 heteroatoms. The number of amides is 1. The lowest BCUT2D eigenvalue weighted by Gasteiger charge is -2.17. The van der Waals surface area contributed by atoms with Crippen LogP contribution in [0.5, 0.6) is 0 Å². The monoisotopic (exact) mass is 278 g/mol. The molecule has 106 valence electrons. The van der Waals surface area contributed by atoms with Crippen molar-refractivity contribution in [3.63, 3.8) is 0 Å². The van der Waals surface area contributed by atoms with Gasteiger partial charge in [0.15, 0.2) is 0 Å². The molecule has 0 aliphatic heterocycles. The number of carbonyl (C=O) groups is 1. The summed E-state index contributed by atoms with van der Waals surface area (Å²) in [5.41, 5.74) is 4.60. The summed E-state index contributed by atoms with van der Waals surface area (Å²) >= 11 is 0.